The molecule has 0 N–H and O–H groups in total. The lowest BCUT2D eigenvalue weighted by molar-refractivity contribution is 0.627. The van der Waals surface area contributed by atoms with E-state index in [1.165, 1.54) is 12.0 Å². The number of rotatable bonds is 3. The van der Waals surface area contributed by atoms with Crippen molar-refractivity contribution in [3.05, 3.63) is 40.5 Å². The first kappa shape index (κ1) is 10.5. The second-order valence-corrected chi connectivity index (χ2v) is 3.57. The van der Waals surface area contributed by atoms with Crippen LogP contribution in [0.2, 0.25) is 5.02 Å². The second kappa shape index (κ2) is 4.61. The Morgan fingerprint density at radius 3 is 2.69 bits per heavy atom. The molecule has 0 unspecified atom stereocenters. The zero-order chi connectivity index (χ0) is 9.84. The molecule has 0 saturated heterocycles. The van der Waals surface area contributed by atoms with E-state index in [0.717, 1.165) is 18.4 Å². The molecule has 0 fully saturated rings. The molecule has 0 spiro atoms. The third-order valence-electron chi connectivity index (χ3n) is 2.04. The highest BCUT2D eigenvalue weighted by atomic mass is 35.5. The molecule has 0 heterocycles. The van der Waals surface area contributed by atoms with Gasteiger partial charge in [0.1, 0.15) is 5.82 Å². The van der Waals surface area contributed by atoms with Gasteiger partial charge >= 0.3 is 0 Å². The quantitative estimate of drug-likeness (QED) is 0.684. The van der Waals surface area contributed by atoms with Crippen LogP contribution in [-0.2, 0) is 0 Å². The fraction of sp³-hybridized carbons (Fsp3) is 0.364. The van der Waals surface area contributed by atoms with Gasteiger partial charge in [-0.3, -0.25) is 0 Å². The average Bonchev–Trinajstić information content (AvgIpc) is 2.10. The van der Waals surface area contributed by atoms with Crippen LogP contribution in [-0.4, -0.2) is 0 Å². The Balaban J connectivity index is 2.84. The fourth-order valence-electron chi connectivity index (χ4n) is 1.28. The number of halogens is 2. The number of benzene rings is 1. The van der Waals surface area contributed by atoms with E-state index >= 15 is 0 Å². The highest BCUT2D eigenvalue weighted by molar-refractivity contribution is 6.30. The first-order chi connectivity index (χ1) is 6.15. The molecule has 0 aliphatic carbocycles. The van der Waals surface area contributed by atoms with Crippen molar-refractivity contribution in [2.45, 2.75) is 26.7 Å². The van der Waals surface area contributed by atoms with Gasteiger partial charge in [-0.2, -0.15) is 0 Å². The van der Waals surface area contributed by atoms with Gasteiger partial charge in [0.2, 0.25) is 0 Å². The van der Waals surface area contributed by atoms with Crippen LogP contribution in [0.1, 0.15) is 32.3 Å². The van der Waals surface area contributed by atoms with E-state index in [1.54, 1.807) is 12.1 Å². The van der Waals surface area contributed by atoms with Crippen LogP contribution in [0.3, 0.4) is 0 Å². The van der Waals surface area contributed by atoms with Crippen molar-refractivity contribution in [3.63, 3.8) is 0 Å². The molecule has 0 saturated carbocycles. The van der Waals surface area contributed by atoms with Gasteiger partial charge in [-0.05, 0) is 24.1 Å². The molecule has 1 aromatic carbocycles. The van der Waals surface area contributed by atoms with Gasteiger partial charge in [0.15, 0.2) is 0 Å². The molecule has 2 heteroatoms. The summed E-state index contributed by atoms with van der Waals surface area (Å²) in [6, 6.07) is 4.87. The molecule has 0 bridgehead atoms. The lowest BCUT2D eigenvalue weighted by Crippen LogP contribution is -1.94. The smallest absolute Gasteiger partial charge is 0.141 e. The van der Waals surface area contributed by atoms with Crippen LogP contribution in [0, 0.1) is 11.7 Å². The van der Waals surface area contributed by atoms with Crippen LogP contribution in [0.25, 0.3) is 0 Å². The molecule has 0 aliphatic rings. The molecule has 0 nitrogen and oxygen atoms in total. The van der Waals surface area contributed by atoms with E-state index in [4.69, 9.17) is 11.6 Å². The Bertz CT molecular complexity index is 283. The van der Waals surface area contributed by atoms with Crippen LogP contribution in [0.4, 0.5) is 4.39 Å². The Kier molecular flexibility index (Phi) is 3.73. The maximum absolute atomic E-state index is 12.8. The average molecular weight is 200 g/mol. The maximum atomic E-state index is 12.8. The van der Waals surface area contributed by atoms with Crippen LogP contribution >= 0.6 is 11.6 Å². The van der Waals surface area contributed by atoms with E-state index < -0.39 is 0 Å². The number of hydrogen-bond acceptors (Lipinski definition) is 0. The zero-order valence-electron chi connectivity index (χ0n) is 7.90. The van der Waals surface area contributed by atoms with Gasteiger partial charge in [0, 0.05) is 5.92 Å². The van der Waals surface area contributed by atoms with E-state index in [1.807, 2.05) is 6.92 Å². The van der Waals surface area contributed by atoms with Crippen LogP contribution in [0.5, 0.6) is 0 Å². The van der Waals surface area contributed by atoms with Gasteiger partial charge in [0.05, 0.1) is 5.02 Å². The summed E-state index contributed by atoms with van der Waals surface area (Å²) >= 11 is 5.67. The predicted molar refractivity (Wildman–Crippen MR) is 54.3 cm³/mol. The minimum atomic E-state index is -0.352. The topological polar surface area (TPSA) is 0 Å². The monoisotopic (exact) mass is 199 g/mol. The summed E-state index contributed by atoms with van der Waals surface area (Å²) in [5.41, 5.74) is 1.04. The van der Waals surface area contributed by atoms with Crippen molar-refractivity contribution in [1.82, 2.24) is 0 Å². The fourth-order valence-corrected chi connectivity index (χ4v) is 1.46. The highest BCUT2D eigenvalue weighted by Crippen LogP contribution is 2.24. The van der Waals surface area contributed by atoms with Crippen molar-refractivity contribution < 1.29 is 4.39 Å². The van der Waals surface area contributed by atoms with Gasteiger partial charge < -0.3 is 0 Å². The lowest BCUT2D eigenvalue weighted by Gasteiger charge is -2.09. The van der Waals surface area contributed by atoms with Crippen LogP contribution in [0.15, 0.2) is 18.2 Å². The van der Waals surface area contributed by atoms with Crippen molar-refractivity contribution in [2.75, 3.05) is 0 Å². The minimum Gasteiger partial charge on any atom is -0.205 e. The molecule has 0 aliphatic heterocycles. The van der Waals surface area contributed by atoms with E-state index in [0.29, 0.717) is 0 Å². The molecule has 13 heavy (non-hydrogen) atoms. The van der Waals surface area contributed by atoms with Crippen LogP contribution < -0.4 is 0 Å². The Morgan fingerprint density at radius 1 is 1.46 bits per heavy atom. The summed E-state index contributed by atoms with van der Waals surface area (Å²) in [7, 11) is 0. The largest absolute Gasteiger partial charge is 0.205 e. The lowest BCUT2D eigenvalue weighted by atomic mass is 9.97. The molecule has 1 aromatic rings. The summed E-state index contributed by atoms with van der Waals surface area (Å²) in [5.74, 6) is 0.902. The van der Waals surface area contributed by atoms with Crippen molar-refractivity contribution in [2.24, 2.45) is 0 Å². The maximum Gasteiger partial charge on any atom is 0.141 e. The Morgan fingerprint density at radius 2 is 2.15 bits per heavy atom. The van der Waals surface area contributed by atoms with Gasteiger partial charge in [-0.1, -0.05) is 37.9 Å². The first-order valence-corrected chi connectivity index (χ1v) is 4.80. The molecule has 71 valence electrons. The summed E-state index contributed by atoms with van der Waals surface area (Å²) in [5, 5.41) is 0.202. The Labute approximate surface area is 83.7 Å². The van der Waals surface area contributed by atoms with Gasteiger partial charge in [-0.25, -0.2) is 4.39 Å². The summed E-state index contributed by atoms with van der Waals surface area (Å²) < 4.78 is 12.8. The molecule has 1 radical (unpaired) electrons. The Hall–Kier alpha value is -0.560. The predicted octanol–water partition coefficient (Wildman–Crippen LogP) is 4.22. The summed E-state index contributed by atoms with van der Waals surface area (Å²) in [6.07, 6.45) is 2.13. The normalized spacial score (nSPS) is 10.8. The van der Waals surface area contributed by atoms with Crippen molar-refractivity contribution >= 4 is 11.6 Å². The summed E-state index contributed by atoms with van der Waals surface area (Å²) in [6.45, 7) is 4.17. The van der Waals surface area contributed by atoms with Crippen molar-refractivity contribution in [3.8, 4) is 0 Å². The zero-order valence-corrected chi connectivity index (χ0v) is 8.66. The third kappa shape index (κ3) is 2.70. The molecule has 1 rings (SSSR count). The van der Waals surface area contributed by atoms with E-state index in [9.17, 15) is 4.39 Å². The van der Waals surface area contributed by atoms with E-state index in [-0.39, 0.29) is 10.8 Å². The van der Waals surface area contributed by atoms with Gasteiger partial charge in [-0.15, -0.1) is 0 Å². The van der Waals surface area contributed by atoms with Crippen molar-refractivity contribution in [1.29, 1.82) is 0 Å². The molecule has 0 aromatic heterocycles. The standard InChI is InChI=1S/C11H13ClF/c1-3-4-8(2)9-5-6-11(13)10(12)7-9/h5-7H,3-4H2,1-2H3. The molecular weight excluding hydrogens is 187 g/mol. The second-order valence-electron chi connectivity index (χ2n) is 3.16. The van der Waals surface area contributed by atoms with E-state index in [2.05, 4.69) is 6.92 Å². The summed E-state index contributed by atoms with van der Waals surface area (Å²) in [4.78, 5) is 0. The third-order valence-corrected chi connectivity index (χ3v) is 2.33. The molecule has 0 amide bonds. The first-order valence-electron chi connectivity index (χ1n) is 4.43. The highest BCUT2D eigenvalue weighted by Gasteiger charge is 2.07. The molecule has 0 atom stereocenters. The molecular formula is C11H13ClF. The number of hydrogen-bond donors (Lipinski definition) is 0. The van der Waals surface area contributed by atoms with Gasteiger partial charge in [0.25, 0.3) is 0 Å². The minimum absolute atomic E-state index is 0.202. The SMILES string of the molecule is CCC[C](C)c1ccc(F)c(Cl)c1.